The molecule has 23 heavy (non-hydrogen) atoms. The van der Waals surface area contributed by atoms with Crippen molar-refractivity contribution in [2.75, 3.05) is 5.73 Å². The van der Waals surface area contributed by atoms with Crippen molar-refractivity contribution in [1.29, 1.82) is 0 Å². The summed E-state index contributed by atoms with van der Waals surface area (Å²) in [6.07, 6.45) is 0. The van der Waals surface area contributed by atoms with Crippen molar-refractivity contribution in [2.45, 2.75) is 6.61 Å². The lowest BCUT2D eigenvalue weighted by Gasteiger charge is -2.07. The molecule has 0 amide bonds. The van der Waals surface area contributed by atoms with Gasteiger partial charge in [-0.05, 0) is 17.7 Å². The molecular formula is C16H13N3O4. The Bertz CT molecular complexity index is 830. The van der Waals surface area contributed by atoms with Gasteiger partial charge in [0, 0.05) is 17.7 Å². The quantitative estimate of drug-likeness (QED) is 0.572. The Morgan fingerprint density at radius 1 is 1.17 bits per heavy atom. The van der Waals surface area contributed by atoms with E-state index in [2.05, 4.69) is 5.16 Å². The zero-order valence-electron chi connectivity index (χ0n) is 12.0. The first-order valence-electron chi connectivity index (χ1n) is 6.81. The van der Waals surface area contributed by atoms with Crippen molar-refractivity contribution in [3.05, 3.63) is 70.3 Å². The number of ether oxygens (including phenoxy) is 1. The molecule has 7 nitrogen and oxygen atoms in total. The van der Waals surface area contributed by atoms with Crippen LogP contribution in [-0.2, 0) is 6.61 Å². The molecule has 0 radical (unpaired) electrons. The van der Waals surface area contributed by atoms with Crippen LogP contribution in [-0.4, -0.2) is 10.1 Å². The van der Waals surface area contributed by atoms with Gasteiger partial charge >= 0.3 is 5.69 Å². The van der Waals surface area contributed by atoms with Gasteiger partial charge in [0.15, 0.2) is 5.75 Å². The van der Waals surface area contributed by atoms with Crippen LogP contribution in [0.1, 0.15) is 5.56 Å². The number of aromatic nitrogens is 1. The Hall–Kier alpha value is -3.35. The highest BCUT2D eigenvalue weighted by atomic mass is 16.6. The number of nitro benzene ring substituents is 1. The molecule has 116 valence electrons. The summed E-state index contributed by atoms with van der Waals surface area (Å²) in [6.45, 7) is 0.248. The van der Waals surface area contributed by atoms with Crippen LogP contribution in [0.3, 0.4) is 0 Å². The van der Waals surface area contributed by atoms with E-state index in [-0.39, 0.29) is 23.9 Å². The molecule has 0 bridgehead atoms. The average Bonchev–Trinajstić information content (AvgIpc) is 3.00. The molecule has 1 aromatic heterocycles. The van der Waals surface area contributed by atoms with E-state index in [1.807, 2.05) is 30.3 Å². The van der Waals surface area contributed by atoms with Crippen LogP contribution in [0.4, 0.5) is 11.6 Å². The summed E-state index contributed by atoms with van der Waals surface area (Å²) in [6, 6.07) is 15.5. The molecule has 0 spiro atoms. The molecule has 0 aliphatic carbocycles. The fraction of sp³-hybridized carbons (Fsp3) is 0.0625. The minimum absolute atomic E-state index is 0.139. The van der Waals surface area contributed by atoms with Gasteiger partial charge in [-0.15, -0.1) is 0 Å². The fourth-order valence-corrected chi connectivity index (χ4v) is 2.10. The molecule has 0 aliphatic heterocycles. The van der Waals surface area contributed by atoms with E-state index in [1.165, 1.54) is 12.1 Å². The molecule has 0 saturated carbocycles. The Morgan fingerprint density at radius 3 is 2.61 bits per heavy atom. The minimum Gasteiger partial charge on any atom is -0.482 e. The van der Waals surface area contributed by atoms with E-state index in [9.17, 15) is 10.1 Å². The number of nitrogens with two attached hydrogens (primary N) is 1. The van der Waals surface area contributed by atoms with Gasteiger partial charge in [0.05, 0.1) is 4.92 Å². The highest BCUT2D eigenvalue weighted by molar-refractivity contribution is 5.67. The van der Waals surface area contributed by atoms with E-state index in [0.29, 0.717) is 11.3 Å². The Labute approximate surface area is 131 Å². The van der Waals surface area contributed by atoms with Gasteiger partial charge in [-0.1, -0.05) is 35.5 Å². The average molecular weight is 311 g/mol. The lowest BCUT2D eigenvalue weighted by molar-refractivity contribution is -0.385. The Balaban J connectivity index is 1.87. The van der Waals surface area contributed by atoms with Gasteiger partial charge in [0.25, 0.3) is 0 Å². The number of hydrogen-bond acceptors (Lipinski definition) is 6. The van der Waals surface area contributed by atoms with Crippen molar-refractivity contribution in [3.63, 3.8) is 0 Å². The first kappa shape index (κ1) is 14.6. The van der Waals surface area contributed by atoms with Gasteiger partial charge < -0.3 is 15.0 Å². The van der Waals surface area contributed by atoms with Crippen molar-refractivity contribution >= 4 is 11.6 Å². The largest absolute Gasteiger partial charge is 0.482 e. The van der Waals surface area contributed by atoms with Crippen molar-refractivity contribution in [2.24, 2.45) is 0 Å². The first-order valence-corrected chi connectivity index (χ1v) is 6.81. The van der Waals surface area contributed by atoms with Crippen LogP contribution < -0.4 is 10.5 Å². The molecule has 3 rings (SSSR count). The first-order chi connectivity index (χ1) is 11.1. The second-order valence-electron chi connectivity index (χ2n) is 4.83. The van der Waals surface area contributed by atoms with E-state index >= 15 is 0 Å². The molecule has 7 heteroatoms. The molecule has 0 fully saturated rings. The van der Waals surface area contributed by atoms with Crippen LogP contribution in [0.2, 0.25) is 0 Å². The van der Waals surface area contributed by atoms with Crippen LogP contribution in [0, 0.1) is 10.1 Å². The van der Waals surface area contributed by atoms with Crippen molar-refractivity contribution in [1.82, 2.24) is 5.16 Å². The lowest BCUT2D eigenvalue weighted by atomic mass is 10.1. The number of anilines is 1. The summed E-state index contributed by atoms with van der Waals surface area (Å²) < 4.78 is 10.4. The van der Waals surface area contributed by atoms with E-state index < -0.39 is 4.92 Å². The maximum atomic E-state index is 11.3. The zero-order chi connectivity index (χ0) is 16.2. The van der Waals surface area contributed by atoms with Crippen LogP contribution >= 0.6 is 0 Å². The lowest BCUT2D eigenvalue weighted by Crippen LogP contribution is -1.99. The summed E-state index contributed by atoms with van der Waals surface area (Å²) >= 11 is 0. The predicted molar refractivity (Wildman–Crippen MR) is 83.8 cm³/mol. The number of nitro groups is 1. The standard InChI is InChI=1S/C16H13N3O4/c17-16-9-13(18-23-16)12-6-7-15(14(8-12)19(20)21)22-10-11-4-2-1-3-5-11/h1-9H,10,17H2. The zero-order valence-corrected chi connectivity index (χ0v) is 12.0. The van der Waals surface area contributed by atoms with Gasteiger partial charge in [-0.2, -0.15) is 0 Å². The molecule has 2 aromatic carbocycles. The van der Waals surface area contributed by atoms with Gasteiger partial charge in [0.2, 0.25) is 5.88 Å². The maximum Gasteiger partial charge on any atom is 0.311 e. The van der Waals surface area contributed by atoms with Gasteiger partial charge in [-0.3, -0.25) is 10.1 Å². The predicted octanol–water partition coefficient (Wildman–Crippen LogP) is 3.41. The number of rotatable bonds is 5. The summed E-state index contributed by atoms with van der Waals surface area (Å²) in [5, 5.41) is 15.0. The van der Waals surface area contributed by atoms with Crippen molar-refractivity contribution < 1.29 is 14.2 Å². The second-order valence-corrected chi connectivity index (χ2v) is 4.83. The molecule has 0 aliphatic rings. The van der Waals surface area contributed by atoms with E-state index in [1.54, 1.807) is 12.1 Å². The molecule has 0 saturated heterocycles. The third-order valence-corrected chi connectivity index (χ3v) is 3.22. The molecule has 2 N–H and O–H groups in total. The molecule has 0 atom stereocenters. The van der Waals surface area contributed by atoms with Crippen LogP contribution in [0.15, 0.2) is 59.1 Å². The summed E-state index contributed by atoms with van der Waals surface area (Å²) in [4.78, 5) is 10.8. The third kappa shape index (κ3) is 3.29. The monoisotopic (exact) mass is 311 g/mol. The number of nitrogen functional groups attached to an aromatic ring is 1. The van der Waals surface area contributed by atoms with Crippen molar-refractivity contribution in [3.8, 4) is 17.0 Å². The normalized spacial score (nSPS) is 10.4. The highest BCUT2D eigenvalue weighted by Crippen LogP contribution is 2.32. The summed E-state index contributed by atoms with van der Waals surface area (Å²) in [5.74, 6) is 0.339. The van der Waals surface area contributed by atoms with E-state index in [0.717, 1.165) is 5.56 Å². The second kappa shape index (κ2) is 6.18. The smallest absolute Gasteiger partial charge is 0.311 e. The fourth-order valence-electron chi connectivity index (χ4n) is 2.10. The SMILES string of the molecule is Nc1cc(-c2ccc(OCc3ccccc3)c([N+](=O)[O-])c2)no1. The minimum atomic E-state index is -0.493. The topological polar surface area (TPSA) is 104 Å². The number of nitrogens with zero attached hydrogens (tertiary/aromatic N) is 2. The van der Waals surface area contributed by atoms with Gasteiger partial charge in [0.1, 0.15) is 12.3 Å². The molecule has 0 unspecified atom stereocenters. The van der Waals surface area contributed by atoms with Gasteiger partial charge in [-0.25, -0.2) is 0 Å². The summed E-state index contributed by atoms with van der Waals surface area (Å²) in [5.41, 5.74) is 7.22. The Kier molecular flexibility index (Phi) is 3.92. The van der Waals surface area contributed by atoms with Crippen LogP contribution in [0.5, 0.6) is 5.75 Å². The summed E-state index contributed by atoms with van der Waals surface area (Å²) in [7, 11) is 0. The van der Waals surface area contributed by atoms with E-state index in [4.69, 9.17) is 15.0 Å². The molecule has 3 aromatic rings. The number of hydrogen-bond donors (Lipinski definition) is 1. The molecule has 1 heterocycles. The maximum absolute atomic E-state index is 11.3. The Morgan fingerprint density at radius 2 is 1.96 bits per heavy atom. The third-order valence-electron chi connectivity index (χ3n) is 3.22. The highest BCUT2D eigenvalue weighted by Gasteiger charge is 2.18. The number of benzene rings is 2. The van der Waals surface area contributed by atoms with Crippen LogP contribution in [0.25, 0.3) is 11.3 Å². The molecular weight excluding hydrogens is 298 g/mol.